The molecule has 0 saturated carbocycles. The van der Waals surface area contributed by atoms with E-state index in [0.29, 0.717) is 18.0 Å². The summed E-state index contributed by atoms with van der Waals surface area (Å²) in [5.74, 6) is 0. The van der Waals surface area contributed by atoms with E-state index < -0.39 is 10.0 Å². The number of rotatable bonds is 3. The first-order chi connectivity index (χ1) is 14.3. The average molecular weight is 533 g/mol. The van der Waals surface area contributed by atoms with Gasteiger partial charge in [0, 0.05) is 22.1 Å². The Morgan fingerprint density at radius 2 is 1.60 bits per heavy atom. The smallest absolute Gasteiger partial charge is 0.207 e. The van der Waals surface area contributed by atoms with Gasteiger partial charge in [-0.2, -0.15) is 4.31 Å². The van der Waals surface area contributed by atoms with Crippen molar-refractivity contribution < 1.29 is 8.42 Å². The maximum Gasteiger partial charge on any atom is 0.243 e. The number of sulfonamides is 1. The van der Waals surface area contributed by atoms with Gasteiger partial charge in [0.05, 0.1) is 4.90 Å². The van der Waals surface area contributed by atoms with Gasteiger partial charge in [0.1, 0.15) is 0 Å². The van der Waals surface area contributed by atoms with Crippen molar-refractivity contribution in [1.82, 2.24) is 4.31 Å². The third-order valence-electron chi connectivity index (χ3n) is 6.38. The largest absolute Gasteiger partial charge is 0.243 e. The van der Waals surface area contributed by atoms with Crippen LogP contribution in [0.3, 0.4) is 0 Å². The minimum atomic E-state index is -3.53. The summed E-state index contributed by atoms with van der Waals surface area (Å²) in [7, 11) is -3.53. The summed E-state index contributed by atoms with van der Waals surface area (Å²) >= 11 is 2.44. The van der Waals surface area contributed by atoms with Gasteiger partial charge in [-0.3, -0.25) is 0 Å². The van der Waals surface area contributed by atoms with Crippen molar-refractivity contribution in [2.24, 2.45) is 5.41 Å². The van der Waals surface area contributed by atoms with E-state index in [1.807, 2.05) is 19.1 Å². The second kappa shape index (κ2) is 8.60. The molecule has 0 aromatic heterocycles. The molecule has 158 valence electrons. The van der Waals surface area contributed by atoms with E-state index in [4.69, 9.17) is 0 Å². The van der Waals surface area contributed by atoms with Crippen LogP contribution in [0, 0.1) is 19.3 Å². The number of halogens is 1. The lowest BCUT2D eigenvalue weighted by Gasteiger charge is -2.30. The molecule has 1 atom stereocenters. The summed E-state index contributed by atoms with van der Waals surface area (Å²) < 4.78 is 29.9. The first-order valence-electron chi connectivity index (χ1n) is 10.5. The van der Waals surface area contributed by atoms with Crippen LogP contribution in [0.2, 0.25) is 0 Å². The molecule has 5 heteroatoms. The molecule has 4 rings (SSSR count). The van der Waals surface area contributed by atoms with Gasteiger partial charge in [0.25, 0.3) is 0 Å². The van der Waals surface area contributed by atoms with E-state index in [9.17, 15) is 8.42 Å². The van der Waals surface area contributed by atoms with Crippen molar-refractivity contribution in [3.8, 4) is 0 Å². The third kappa shape index (κ3) is 4.16. The van der Waals surface area contributed by atoms with E-state index in [1.54, 1.807) is 16.4 Å². The lowest BCUT2D eigenvalue weighted by atomic mass is 9.76. The Morgan fingerprint density at radius 3 is 2.27 bits per heavy atom. The molecule has 0 amide bonds. The van der Waals surface area contributed by atoms with Crippen molar-refractivity contribution in [2.75, 3.05) is 13.1 Å². The maximum absolute atomic E-state index is 13.5. The normalized spacial score (nSPS) is 24.2. The van der Waals surface area contributed by atoms with Crippen LogP contribution in [0.4, 0.5) is 0 Å². The molecular weight excluding hydrogens is 505 g/mol. The Kier molecular flexibility index (Phi) is 6.24. The second-order valence-corrected chi connectivity index (χ2v) is 11.6. The van der Waals surface area contributed by atoms with E-state index in [2.05, 4.69) is 65.9 Å². The van der Waals surface area contributed by atoms with Crippen LogP contribution in [0.1, 0.15) is 42.4 Å². The van der Waals surface area contributed by atoms with E-state index in [-0.39, 0.29) is 5.41 Å². The van der Waals surface area contributed by atoms with E-state index in [1.165, 1.54) is 20.3 Å². The van der Waals surface area contributed by atoms with Crippen LogP contribution in [-0.4, -0.2) is 25.8 Å². The molecule has 1 heterocycles. The fourth-order valence-corrected chi connectivity index (χ4v) is 7.14. The lowest BCUT2D eigenvalue weighted by Crippen LogP contribution is -2.32. The SMILES string of the molecule is Cc1ccc(/C(I)=C2/CN(S(=O)(=O)c3ccc(C)cc3)CC23CC=CCCC3)cc1. The van der Waals surface area contributed by atoms with Gasteiger partial charge >= 0.3 is 0 Å². The highest BCUT2D eigenvalue weighted by molar-refractivity contribution is 14.1. The molecule has 1 fully saturated rings. The highest BCUT2D eigenvalue weighted by Gasteiger charge is 2.47. The maximum atomic E-state index is 13.5. The van der Waals surface area contributed by atoms with E-state index >= 15 is 0 Å². The molecule has 1 aliphatic carbocycles. The second-order valence-electron chi connectivity index (χ2n) is 8.59. The summed E-state index contributed by atoms with van der Waals surface area (Å²) in [4.78, 5) is 0.388. The number of nitrogens with zero attached hydrogens (tertiary/aromatic N) is 1. The van der Waals surface area contributed by atoms with Crippen molar-refractivity contribution in [2.45, 2.75) is 44.4 Å². The molecule has 3 nitrogen and oxygen atoms in total. The molecule has 0 N–H and O–H groups in total. The van der Waals surface area contributed by atoms with Crippen LogP contribution in [0.15, 0.2) is 71.2 Å². The zero-order valence-electron chi connectivity index (χ0n) is 17.6. The molecule has 2 aliphatic rings. The lowest BCUT2D eigenvalue weighted by molar-refractivity contribution is 0.322. The number of allylic oxidation sites excluding steroid dienone is 2. The molecule has 1 aliphatic heterocycles. The summed E-state index contributed by atoms with van der Waals surface area (Å²) in [6, 6.07) is 15.8. The zero-order valence-corrected chi connectivity index (χ0v) is 20.5. The van der Waals surface area contributed by atoms with Crippen LogP contribution in [0.25, 0.3) is 3.58 Å². The van der Waals surface area contributed by atoms with Crippen LogP contribution >= 0.6 is 22.6 Å². The van der Waals surface area contributed by atoms with Gasteiger partial charge in [-0.25, -0.2) is 8.42 Å². The van der Waals surface area contributed by atoms with Crippen molar-refractivity contribution >= 4 is 36.2 Å². The fourth-order valence-electron chi connectivity index (χ4n) is 4.54. The summed E-state index contributed by atoms with van der Waals surface area (Å²) in [5.41, 5.74) is 4.63. The van der Waals surface area contributed by atoms with Gasteiger partial charge in [0.15, 0.2) is 0 Å². The zero-order chi connectivity index (χ0) is 21.4. The van der Waals surface area contributed by atoms with Crippen molar-refractivity contribution in [1.29, 1.82) is 0 Å². The van der Waals surface area contributed by atoms with E-state index in [0.717, 1.165) is 31.2 Å². The molecule has 0 radical (unpaired) electrons. The van der Waals surface area contributed by atoms with Crippen LogP contribution in [-0.2, 0) is 10.0 Å². The number of hydrogen-bond donors (Lipinski definition) is 0. The van der Waals surface area contributed by atoms with Gasteiger partial charge < -0.3 is 0 Å². The predicted octanol–water partition coefficient (Wildman–Crippen LogP) is 6.27. The Balaban J connectivity index is 1.78. The minimum Gasteiger partial charge on any atom is -0.207 e. The molecule has 1 saturated heterocycles. The standard InChI is InChI=1S/C25H28INO2S/c1-19-7-11-21(12-8-19)24(26)23-17-27(18-25(23)15-5-3-4-6-16-25)30(28,29)22-13-9-20(2)10-14-22/h3,5,7-14H,4,6,15-18H2,1-2H3/b24-23+. The predicted molar refractivity (Wildman–Crippen MR) is 132 cm³/mol. The monoisotopic (exact) mass is 533 g/mol. The Labute approximate surface area is 194 Å². The van der Waals surface area contributed by atoms with Gasteiger partial charge in [-0.15, -0.1) is 0 Å². The fraction of sp³-hybridized carbons (Fsp3) is 0.360. The quantitative estimate of drug-likeness (QED) is 0.345. The Bertz CT molecular complexity index is 1080. The first kappa shape index (κ1) is 21.8. The van der Waals surface area contributed by atoms with Gasteiger partial charge in [0.2, 0.25) is 10.0 Å². The molecule has 0 bridgehead atoms. The highest BCUT2D eigenvalue weighted by atomic mass is 127. The van der Waals surface area contributed by atoms with Crippen molar-refractivity contribution in [3.63, 3.8) is 0 Å². The molecule has 1 spiro atoms. The minimum absolute atomic E-state index is 0.119. The number of benzene rings is 2. The summed E-state index contributed by atoms with van der Waals surface area (Å²) in [6.45, 7) is 5.09. The molecule has 2 aromatic rings. The summed E-state index contributed by atoms with van der Waals surface area (Å²) in [5, 5.41) is 0. The highest BCUT2D eigenvalue weighted by Crippen LogP contribution is 2.50. The Hall–Kier alpha value is -1.44. The topological polar surface area (TPSA) is 37.4 Å². The van der Waals surface area contributed by atoms with Gasteiger partial charge in [-0.05, 0) is 85.4 Å². The first-order valence-corrected chi connectivity index (χ1v) is 13.0. The molecule has 30 heavy (non-hydrogen) atoms. The molecular formula is C25H28INO2S. The molecule has 2 aromatic carbocycles. The van der Waals surface area contributed by atoms with Crippen molar-refractivity contribution in [3.05, 3.63) is 82.9 Å². The summed E-state index contributed by atoms with van der Waals surface area (Å²) in [6.07, 6.45) is 8.60. The van der Waals surface area contributed by atoms with Gasteiger partial charge in [-0.1, -0.05) is 59.7 Å². The third-order valence-corrected chi connectivity index (χ3v) is 9.46. The Morgan fingerprint density at radius 1 is 0.967 bits per heavy atom. The van der Waals surface area contributed by atoms with Crippen LogP contribution in [0.5, 0.6) is 0 Å². The number of hydrogen-bond acceptors (Lipinski definition) is 2. The average Bonchev–Trinajstić information content (AvgIpc) is 2.94. The van der Waals surface area contributed by atoms with Crippen LogP contribution < -0.4 is 0 Å². The number of aryl methyl sites for hydroxylation is 2. The molecule has 1 unspecified atom stereocenters.